The monoisotopic (exact) mass is 459 g/mol. The highest BCUT2D eigenvalue weighted by atomic mass is 35.5. The van der Waals surface area contributed by atoms with Gasteiger partial charge in [0.05, 0.1) is 16.9 Å². The number of benzene rings is 2. The molecular formula is C19H16ClN6O4S-. The number of hydrogen-bond acceptors (Lipinski definition) is 8. The molecule has 3 aromatic rings. The van der Waals surface area contributed by atoms with Crippen LogP contribution in [0, 0.1) is 0 Å². The Morgan fingerprint density at radius 2 is 1.87 bits per heavy atom. The van der Waals surface area contributed by atoms with Crippen LogP contribution < -0.4 is 15.1 Å². The number of carbonyl (C=O) groups is 1. The minimum absolute atomic E-state index is 0.0696. The van der Waals surface area contributed by atoms with Gasteiger partial charge >= 0.3 is 0 Å². The van der Waals surface area contributed by atoms with E-state index in [1.54, 1.807) is 28.9 Å². The summed E-state index contributed by atoms with van der Waals surface area (Å²) in [7, 11) is -4.01. The number of tetrazole rings is 1. The van der Waals surface area contributed by atoms with Crippen molar-refractivity contribution in [1.29, 1.82) is 0 Å². The van der Waals surface area contributed by atoms with Gasteiger partial charge in [-0.05, 0) is 58.8 Å². The van der Waals surface area contributed by atoms with Crippen molar-refractivity contribution in [1.82, 2.24) is 24.9 Å². The summed E-state index contributed by atoms with van der Waals surface area (Å²) in [6.07, 6.45) is 1.91. The molecule has 0 amide bonds. The summed E-state index contributed by atoms with van der Waals surface area (Å²) in [6, 6.07) is 11.6. The minimum Gasteiger partial charge on any atom is -0.548 e. The Balaban J connectivity index is 1.65. The Morgan fingerprint density at radius 1 is 1.19 bits per heavy atom. The molecule has 0 fully saturated rings. The van der Waals surface area contributed by atoms with Gasteiger partial charge in [-0.2, -0.15) is 4.68 Å². The van der Waals surface area contributed by atoms with Crippen molar-refractivity contribution >= 4 is 39.2 Å². The van der Waals surface area contributed by atoms with Gasteiger partial charge in [0.1, 0.15) is 6.04 Å². The van der Waals surface area contributed by atoms with Crippen molar-refractivity contribution in [3.63, 3.8) is 0 Å². The van der Waals surface area contributed by atoms with Crippen LogP contribution in [0.2, 0.25) is 5.02 Å². The third-order valence-electron chi connectivity index (χ3n) is 4.70. The van der Waals surface area contributed by atoms with Crippen molar-refractivity contribution in [3.05, 3.63) is 70.8 Å². The molecule has 0 spiro atoms. The van der Waals surface area contributed by atoms with Crippen LogP contribution in [-0.2, 0) is 14.8 Å². The normalized spacial score (nSPS) is 16.7. The summed E-state index contributed by atoms with van der Waals surface area (Å²) in [5.74, 6) is -1.08. The van der Waals surface area contributed by atoms with Gasteiger partial charge in [0.15, 0.2) is 0 Å². The standard InChI is InChI=1S/C19H17ClN6O4S/c1-11(18(27)28)23-31(29,30)15-8-4-12(5-9-15)16-10-17(13-2-6-14(20)7-3-13)26-19(21-16)22-24-25-26/h2-11,17,23H,1H3,(H,27,28)(H,21,22,25)/p-1/t11-,17-/m0/s1. The number of halogens is 1. The van der Waals surface area contributed by atoms with Crippen molar-refractivity contribution in [2.75, 3.05) is 5.32 Å². The molecule has 1 aromatic heterocycles. The number of aliphatic carboxylic acids is 1. The van der Waals surface area contributed by atoms with Crippen LogP contribution in [0.15, 0.2) is 59.5 Å². The van der Waals surface area contributed by atoms with E-state index in [0.717, 1.165) is 5.56 Å². The first kappa shape index (κ1) is 21.0. The van der Waals surface area contributed by atoms with Crippen molar-refractivity contribution in [2.45, 2.75) is 23.9 Å². The molecule has 0 radical (unpaired) electrons. The number of carboxylic acids is 1. The zero-order valence-corrected chi connectivity index (χ0v) is 17.6. The lowest BCUT2D eigenvalue weighted by molar-refractivity contribution is -0.307. The van der Waals surface area contributed by atoms with Gasteiger partial charge in [-0.1, -0.05) is 41.0 Å². The van der Waals surface area contributed by atoms with Crippen LogP contribution in [0.1, 0.15) is 24.1 Å². The van der Waals surface area contributed by atoms with E-state index in [1.807, 2.05) is 18.2 Å². The Bertz CT molecular complexity index is 1260. The number of aromatic nitrogens is 4. The molecule has 2 N–H and O–H groups in total. The van der Waals surface area contributed by atoms with Crippen LogP contribution >= 0.6 is 11.6 Å². The van der Waals surface area contributed by atoms with Crippen LogP contribution in [0.25, 0.3) is 5.70 Å². The van der Waals surface area contributed by atoms with Gasteiger partial charge in [-0.15, -0.1) is 0 Å². The Labute approximate surface area is 182 Å². The molecule has 0 saturated carbocycles. The van der Waals surface area contributed by atoms with Crippen LogP contribution in [0.4, 0.5) is 5.95 Å². The van der Waals surface area contributed by atoms with E-state index in [4.69, 9.17) is 11.6 Å². The fourth-order valence-corrected chi connectivity index (χ4v) is 4.40. The molecule has 1 aliphatic rings. The summed E-state index contributed by atoms with van der Waals surface area (Å²) in [5.41, 5.74) is 2.29. The van der Waals surface area contributed by atoms with Gasteiger partial charge < -0.3 is 15.2 Å². The molecule has 2 heterocycles. The molecule has 2 aromatic carbocycles. The van der Waals surface area contributed by atoms with E-state index in [9.17, 15) is 18.3 Å². The quantitative estimate of drug-likeness (QED) is 0.551. The number of nitrogens with zero attached hydrogens (tertiary/aromatic N) is 4. The highest BCUT2D eigenvalue weighted by Gasteiger charge is 2.25. The molecule has 0 aliphatic carbocycles. The summed E-state index contributed by atoms with van der Waals surface area (Å²) in [4.78, 5) is 10.8. The second-order valence-electron chi connectivity index (χ2n) is 6.84. The number of fused-ring (bicyclic) bond motifs is 1. The second-order valence-corrected chi connectivity index (χ2v) is 8.99. The Morgan fingerprint density at radius 3 is 2.52 bits per heavy atom. The Kier molecular flexibility index (Phi) is 5.48. The third kappa shape index (κ3) is 4.29. The van der Waals surface area contributed by atoms with E-state index in [-0.39, 0.29) is 10.9 Å². The predicted octanol–water partition coefficient (Wildman–Crippen LogP) is 0.799. The van der Waals surface area contributed by atoms with E-state index in [0.29, 0.717) is 22.2 Å². The van der Waals surface area contributed by atoms with E-state index in [1.165, 1.54) is 19.1 Å². The molecule has 2 atom stereocenters. The highest BCUT2D eigenvalue weighted by Crippen LogP contribution is 2.32. The number of sulfonamides is 1. The average molecular weight is 460 g/mol. The van der Waals surface area contributed by atoms with Crippen molar-refractivity contribution in [3.8, 4) is 0 Å². The number of anilines is 1. The molecule has 12 heteroatoms. The van der Waals surface area contributed by atoms with Gasteiger partial charge in [0.2, 0.25) is 16.0 Å². The second kappa shape index (κ2) is 8.10. The third-order valence-corrected chi connectivity index (χ3v) is 6.51. The number of rotatable bonds is 6. The molecule has 31 heavy (non-hydrogen) atoms. The minimum atomic E-state index is -4.01. The fourth-order valence-electron chi connectivity index (χ4n) is 3.08. The van der Waals surface area contributed by atoms with Crippen LogP contribution in [0.5, 0.6) is 0 Å². The number of carboxylic acid groups (broad SMARTS) is 1. The van der Waals surface area contributed by atoms with E-state index < -0.39 is 22.0 Å². The zero-order chi connectivity index (χ0) is 22.2. The molecule has 0 saturated heterocycles. The molecule has 0 unspecified atom stereocenters. The zero-order valence-electron chi connectivity index (χ0n) is 16.1. The molecular weight excluding hydrogens is 444 g/mol. The van der Waals surface area contributed by atoms with Gasteiger partial charge in [0.25, 0.3) is 0 Å². The first-order valence-corrected chi connectivity index (χ1v) is 11.0. The fraction of sp³-hybridized carbons (Fsp3) is 0.158. The van der Waals surface area contributed by atoms with Gasteiger partial charge in [-0.25, -0.2) is 13.1 Å². The molecule has 0 bridgehead atoms. The average Bonchev–Trinajstić information content (AvgIpc) is 3.22. The first-order valence-electron chi connectivity index (χ1n) is 9.10. The summed E-state index contributed by atoms with van der Waals surface area (Å²) in [5, 5.41) is 26.3. The largest absolute Gasteiger partial charge is 0.548 e. The molecule has 160 valence electrons. The molecule has 10 nitrogen and oxygen atoms in total. The lowest BCUT2D eigenvalue weighted by atomic mass is 10.0. The number of hydrogen-bond donors (Lipinski definition) is 2. The Hall–Kier alpha value is -3.28. The highest BCUT2D eigenvalue weighted by molar-refractivity contribution is 7.89. The first-order chi connectivity index (χ1) is 14.7. The lowest BCUT2D eigenvalue weighted by Gasteiger charge is -2.23. The van der Waals surface area contributed by atoms with Gasteiger partial charge in [0, 0.05) is 10.7 Å². The summed E-state index contributed by atoms with van der Waals surface area (Å²) in [6.45, 7) is 1.19. The number of carbonyl (C=O) groups excluding carboxylic acids is 1. The topological polar surface area (TPSA) is 142 Å². The summed E-state index contributed by atoms with van der Waals surface area (Å²) < 4.78 is 28.4. The van der Waals surface area contributed by atoms with E-state index in [2.05, 4.69) is 25.6 Å². The maximum Gasteiger partial charge on any atom is 0.248 e. The van der Waals surface area contributed by atoms with Gasteiger partial charge in [-0.3, -0.25) is 0 Å². The predicted molar refractivity (Wildman–Crippen MR) is 110 cm³/mol. The van der Waals surface area contributed by atoms with Crippen LogP contribution in [-0.4, -0.2) is 40.6 Å². The molecule has 4 rings (SSSR count). The number of nitrogens with one attached hydrogen (secondary N) is 2. The summed E-state index contributed by atoms with van der Waals surface area (Å²) >= 11 is 5.99. The molecule has 1 aliphatic heterocycles. The van der Waals surface area contributed by atoms with Crippen molar-refractivity contribution in [2.24, 2.45) is 0 Å². The lowest BCUT2D eigenvalue weighted by Crippen LogP contribution is -2.45. The SMILES string of the molecule is C[C@H](NS(=O)(=O)c1ccc(C2=C[C@@H](c3ccc(Cl)cc3)n3nnnc3N2)cc1)C(=O)[O-]. The van der Waals surface area contributed by atoms with Crippen LogP contribution in [0.3, 0.4) is 0 Å². The maximum atomic E-state index is 12.4. The van der Waals surface area contributed by atoms with Crippen molar-refractivity contribution < 1.29 is 18.3 Å². The number of allylic oxidation sites excluding steroid dienone is 1. The van der Waals surface area contributed by atoms with E-state index >= 15 is 0 Å². The maximum absolute atomic E-state index is 12.4. The smallest absolute Gasteiger partial charge is 0.248 e.